The van der Waals surface area contributed by atoms with E-state index in [0.29, 0.717) is 0 Å². The number of rotatable bonds is 4. The molecular formula is C43H26N2S2. The van der Waals surface area contributed by atoms with Crippen molar-refractivity contribution >= 4 is 102 Å². The molecule has 0 N–H and O–H groups in total. The average molecular weight is 635 g/mol. The van der Waals surface area contributed by atoms with Gasteiger partial charge in [0, 0.05) is 69.8 Å². The summed E-state index contributed by atoms with van der Waals surface area (Å²) in [7, 11) is 0. The second kappa shape index (κ2) is 10.5. The van der Waals surface area contributed by atoms with Crippen LogP contribution >= 0.6 is 22.7 Å². The number of pyridine rings is 1. The van der Waals surface area contributed by atoms with Crippen LogP contribution < -0.4 is 4.90 Å². The van der Waals surface area contributed by atoms with Crippen LogP contribution in [0.1, 0.15) is 0 Å². The van der Waals surface area contributed by atoms with Crippen LogP contribution in [0.15, 0.2) is 158 Å². The van der Waals surface area contributed by atoms with E-state index in [2.05, 4.69) is 155 Å². The zero-order chi connectivity index (χ0) is 30.9. The van der Waals surface area contributed by atoms with E-state index in [1.807, 2.05) is 35.1 Å². The van der Waals surface area contributed by atoms with Crippen LogP contribution in [-0.2, 0) is 0 Å². The molecule has 0 radical (unpaired) electrons. The maximum atomic E-state index is 4.20. The fourth-order valence-corrected chi connectivity index (χ4v) is 9.26. The first-order valence-electron chi connectivity index (χ1n) is 15.8. The van der Waals surface area contributed by atoms with Gasteiger partial charge in [-0.15, -0.1) is 22.7 Å². The Morgan fingerprint density at radius 3 is 1.40 bits per heavy atom. The smallest absolute Gasteiger partial charge is 0.0468 e. The third-order valence-electron chi connectivity index (χ3n) is 9.29. The number of hydrogen-bond acceptors (Lipinski definition) is 4. The largest absolute Gasteiger partial charge is 0.310 e. The number of hydrogen-bond donors (Lipinski definition) is 0. The zero-order valence-electron chi connectivity index (χ0n) is 25.2. The quantitative estimate of drug-likeness (QED) is 0.191. The van der Waals surface area contributed by atoms with Crippen molar-refractivity contribution in [2.75, 3.05) is 4.90 Å². The van der Waals surface area contributed by atoms with E-state index < -0.39 is 0 Å². The van der Waals surface area contributed by atoms with Crippen molar-refractivity contribution in [1.29, 1.82) is 0 Å². The normalized spacial score (nSPS) is 11.8. The average Bonchev–Trinajstić information content (AvgIpc) is 3.67. The van der Waals surface area contributed by atoms with Gasteiger partial charge < -0.3 is 4.90 Å². The number of anilines is 3. The third-order valence-corrected chi connectivity index (χ3v) is 11.6. The van der Waals surface area contributed by atoms with Crippen molar-refractivity contribution < 1.29 is 0 Å². The Morgan fingerprint density at radius 1 is 0.362 bits per heavy atom. The zero-order valence-corrected chi connectivity index (χ0v) is 26.9. The Morgan fingerprint density at radius 2 is 0.851 bits per heavy atom. The summed E-state index contributed by atoms with van der Waals surface area (Å²) in [5, 5.41) is 10.3. The van der Waals surface area contributed by atoms with E-state index >= 15 is 0 Å². The highest BCUT2D eigenvalue weighted by atomic mass is 32.1. The lowest BCUT2D eigenvalue weighted by molar-refractivity contribution is 1.29. The molecule has 3 aromatic heterocycles. The van der Waals surface area contributed by atoms with E-state index in [1.54, 1.807) is 0 Å². The fraction of sp³-hybridized carbons (Fsp3) is 0. The third kappa shape index (κ3) is 4.41. The molecule has 0 fully saturated rings. The molecule has 0 bridgehead atoms. The van der Waals surface area contributed by atoms with Crippen LogP contribution in [-0.4, -0.2) is 4.98 Å². The van der Waals surface area contributed by atoms with Gasteiger partial charge in [0.2, 0.25) is 0 Å². The summed E-state index contributed by atoms with van der Waals surface area (Å²) < 4.78 is 5.31. The van der Waals surface area contributed by atoms with Crippen molar-refractivity contribution in [3.05, 3.63) is 158 Å². The molecule has 0 aliphatic rings. The minimum Gasteiger partial charge on any atom is -0.310 e. The second-order valence-electron chi connectivity index (χ2n) is 12.1. The molecule has 0 spiro atoms. The van der Waals surface area contributed by atoms with Gasteiger partial charge in [0.25, 0.3) is 0 Å². The lowest BCUT2D eigenvalue weighted by Crippen LogP contribution is -2.09. The Balaban J connectivity index is 1.15. The van der Waals surface area contributed by atoms with Gasteiger partial charge in [0.1, 0.15) is 0 Å². The number of benzene rings is 7. The molecule has 0 atom stereocenters. The Labute approximate surface area is 279 Å². The summed E-state index contributed by atoms with van der Waals surface area (Å²) in [5.41, 5.74) is 5.72. The van der Waals surface area contributed by atoms with Crippen LogP contribution in [0.3, 0.4) is 0 Å². The lowest BCUT2D eigenvalue weighted by atomic mass is 10.0. The molecule has 0 unspecified atom stereocenters. The van der Waals surface area contributed by atoms with Gasteiger partial charge in [-0.05, 0) is 118 Å². The maximum Gasteiger partial charge on any atom is 0.0468 e. The van der Waals surface area contributed by atoms with Crippen LogP contribution in [0.25, 0.3) is 73.0 Å². The van der Waals surface area contributed by atoms with Gasteiger partial charge in [-0.3, -0.25) is 4.98 Å². The van der Waals surface area contributed by atoms with Crippen molar-refractivity contribution in [2.45, 2.75) is 0 Å². The van der Waals surface area contributed by atoms with E-state index in [-0.39, 0.29) is 0 Å². The predicted molar refractivity (Wildman–Crippen MR) is 205 cm³/mol. The molecule has 220 valence electrons. The van der Waals surface area contributed by atoms with Gasteiger partial charge in [-0.1, -0.05) is 60.7 Å². The van der Waals surface area contributed by atoms with E-state index in [9.17, 15) is 0 Å². The van der Waals surface area contributed by atoms with Crippen LogP contribution in [0.4, 0.5) is 17.1 Å². The molecule has 47 heavy (non-hydrogen) atoms. The summed E-state index contributed by atoms with van der Waals surface area (Å²) in [6.45, 7) is 0. The molecular weight excluding hydrogens is 609 g/mol. The maximum absolute atomic E-state index is 4.20. The molecule has 7 aromatic carbocycles. The minimum atomic E-state index is 1.12. The van der Waals surface area contributed by atoms with E-state index in [4.69, 9.17) is 0 Å². The lowest BCUT2D eigenvalue weighted by Gasteiger charge is -2.26. The number of fused-ring (bicyclic) bond motifs is 8. The van der Waals surface area contributed by atoms with Crippen molar-refractivity contribution in [3.63, 3.8) is 0 Å². The standard InChI is InChI=1S/C43H26N2S2/c1-3-7-40-36(5-1)38-23-29-11-15-34(21-31(29)25-42(38)46-40)45(33-13-9-27(10-14-33)28-17-19-44-20-18-28)35-16-12-30-24-39-37-6-2-4-8-41(37)47-43(39)26-32(30)22-35/h1-26H. The monoisotopic (exact) mass is 634 g/mol. The highest BCUT2D eigenvalue weighted by molar-refractivity contribution is 7.26. The first kappa shape index (κ1) is 26.6. The van der Waals surface area contributed by atoms with Crippen LogP contribution in [0, 0.1) is 0 Å². The summed E-state index contributed by atoms with van der Waals surface area (Å²) in [6, 6.07) is 53.6. The first-order chi connectivity index (χ1) is 23.2. The topological polar surface area (TPSA) is 16.1 Å². The summed E-state index contributed by atoms with van der Waals surface area (Å²) in [6.07, 6.45) is 3.70. The summed E-state index contributed by atoms with van der Waals surface area (Å²) in [5.74, 6) is 0. The fourth-order valence-electron chi connectivity index (χ4n) is 6.98. The second-order valence-corrected chi connectivity index (χ2v) is 14.2. The summed E-state index contributed by atoms with van der Waals surface area (Å²) in [4.78, 5) is 6.59. The molecule has 0 saturated heterocycles. The predicted octanol–water partition coefficient (Wildman–Crippen LogP) is 13.3. The van der Waals surface area contributed by atoms with Gasteiger partial charge in [-0.2, -0.15) is 0 Å². The number of aromatic nitrogens is 1. The van der Waals surface area contributed by atoms with Gasteiger partial charge in [0.15, 0.2) is 0 Å². The van der Waals surface area contributed by atoms with E-state index in [0.717, 1.165) is 22.6 Å². The van der Waals surface area contributed by atoms with Gasteiger partial charge in [0.05, 0.1) is 0 Å². The number of nitrogens with zero attached hydrogens (tertiary/aromatic N) is 2. The molecule has 3 heterocycles. The molecule has 2 nitrogen and oxygen atoms in total. The van der Waals surface area contributed by atoms with Gasteiger partial charge >= 0.3 is 0 Å². The van der Waals surface area contributed by atoms with Crippen molar-refractivity contribution in [1.82, 2.24) is 4.98 Å². The highest BCUT2D eigenvalue weighted by Gasteiger charge is 2.16. The Kier molecular flexibility index (Phi) is 5.95. The Bertz CT molecular complexity index is 2640. The van der Waals surface area contributed by atoms with Crippen molar-refractivity contribution in [3.8, 4) is 11.1 Å². The van der Waals surface area contributed by atoms with Crippen LogP contribution in [0.5, 0.6) is 0 Å². The molecule has 0 aliphatic heterocycles. The van der Waals surface area contributed by atoms with Crippen molar-refractivity contribution in [2.24, 2.45) is 0 Å². The first-order valence-corrected chi connectivity index (χ1v) is 17.4. The van der Waals surface area contributed by atoms with Crippen LogP contribution in [0.2, 0.25) is 0 Å². The summed E-state index contributed by atoms with van der Waals surface area (Å²) >= 11 is 3.74. The number of thiophene rings is 2. The minimum absolute atomic E-state index is 1.12. The van der Waals surface area contributed by atoms with E-state index in [1.165, 1.54) is 67.5 Å². The molecule has 0 aliphatic carbocycles. The Hall–Kier alpha value is -5.55. The molecule has 10 aromatic rings. The molecule has 0 saturated carbocycles. The molecule has 4 heteroatoms. The molecule has 0 amide bonds. The SMILES string of the molecule is c1ccc2c(c1)sc1cc3cc(N(c4ccc(-c5ccncc5)cc4)c4ccc5cc6c(cc5c4)sc4ccccc46)ccc3cc12. The highest BCUT2D eigenvalue weighted by Crippen LogP contribution is 2.42. The van der Waals surface area contributed by atoms with Gasteiger partial charge in [-0.25, -0.2) is 0 Å². The molecule has 10 rings (SSSR count).